The Hall–Kier alpha value is -2.67. The highest BCUT2D eigenvalue weighted by atomic mass is 16.5. The van der Waals surface area contributed by atoms with Crippen LogP contribution in [-0.2, 0) is 11.2 Å². The minimum absolute atomic E-state index is 0.185. The average Bonchev–Trinajstić information content (AvgIpc) is 3.25. The van der Waals surface area contributed by atoms with Crippen LogP contribution in [0.5, 0.6) is 0 Å². The zero-order valence-electron chi connectivity index (χ0n) is 19.9. The van der Waals surface area contributed by atoms with Crippen molar-refractivity contribution in [2.75, 3.05) is 13.7 Å². The van der Waals surface area contributed by atoms with Crippen LogP contribution in [0.3, 0.4) is 0 Å². The quantitative estimate of drug-likeness (QED) is 0.510. The Labute approximate surface area is 195 Å². The van der Waals surface area contributed by atoms with Crippen molar-refractivity contribution in [1.82, 2.24) is 15.2 Å². The van der Waals surface area contributed by atoms with Crippen LogP contribution in [0.4, 0.5) is 0 Å². The van der Waals surface area contributed by atoms with Crippen molar-refractivity contribution >= 4 is 16.8 Å². The lowest BCUT2D eigenvalue weighted by atomic mass is 9.75. The number of amides is 1. The van der Waals surface area contributed by atoms with Crippen LogP contribution in [0.25, 0.3) is 10.9 Å². The molecule has 176 valence electrons. The molecule has 1 fully saturated rings. The first-order chi connectivity index (χ1) is 15.8. The third kappa shape index (κ3) is 4.56. The Kier molecular flexibility index (Phi) is 6.88. The highest BCUT2D eigenvalue weighted by molar-refractivity contribution is 6.06. The predicted octanol–water partition coefficient (Wildman–Crippen LogP) is 3.96. The number of carbonyl (C=O) groups excluding carboxylic acids is 1. The normalized spacial score (nSPS) is 26.1. The van der Waals surface area contributed by atoms with Gasteiger partial charge in [-0.2, -0.15) is 0 Å². The van der Waals surface area contributed by atoms with Gasteiger partial charge in [0.05, 0.1) is 11.6 Å². The van der Waals surface area contributed by atoms with E-state index < -0.39 is 18.4 Å². The maximum absolute atomic E-state index is 13.2. The third-order valence-electron chi connectivity index (χ3n) is 7.42. The van der Waals surface area contributed by atoms with Gasteiger partial charge in [-0.25, -0.2) is 0 Å². The molecule has 33 heavy (non-hydrogen) atoms. The van der Waals surface area contributed by atoms with Gasteiger partial charge in [0, 0.05) is 36.3 Å². The van der Waals surface area contributed by atoms with E-state index in [9.17, 15) is 9.90 Å². The number of para-hydroxylation sites is 1. The molecule has 2 heterocycles. The molecule has 1 amide bonds. The molecule has 6 heteroatoms. The number of aliphatic hydroxyl groups excluding tert-OH is 1. The molecule has 0 bridgehead atoms. The van der Waals surface area contributed by atoms with Crippen LogP contribution in [0.15, 0.2) is 60.8 Å². The first-order valence-corrected chi connectivity index (χ1v) is 11.7. The highest BCUT2D eigenvalue weighted by Gasteiger charge is 2.50. The van der Waals surface area contributed by atoms with Crippen LogP contribution >= 0.6 is 0 Å². The molecule has 4 atom stereocenters. The maximum atomic E-state index is 13.2. The molecular formula is C27H35N3O3. The minimum atomic E-state index is -0.841. The van der Waals surface area contributed by atoms with Crippen LogP contribution in [0.2, 0.25) is 0 Å². The summed E-state index contributed by atoms with van der Waals surface area (Å²) in [7, 11) is 1.63. The molecule has 0 saturated carbocycles. The lowest BCUT2D eigenvalue weighted by Crippen LogP contribution is -2.70. The largest absolute Gasteiger partial charge is 0.387 e. The Morgan fingerprint density at radius 3 is 2.61 bits per heavy atom. The summed E-state index contributed by atoms with van der Waals surface area (Å²) in [6.45, 7) is 7.36. The summed E-state index contributed by atoms with van der Waals surface area (Å²) in [5.74, 6) is 0.112. The number of aromatic nitrogens is 1. The topological polar surface area (TPSA) is 77.6 Å². The van der Waals surface area contributed by atoms with E-state index in [4.69, 9.17) is 4.74 Å². The number of fused-ring (bicyclic) bond motifs is 1. The molecule has 1 aliphatic rings. The van der Waals surface area contributed by atoms with E-state index in [1.54, 1.807) is 13.3 Å². The van der Waals surface area contributed by atoms with Gasteiger partial charge < -0.3 is 20.1 Å². The lowest BCUT2D eigenvalue weighted by Gasteiger charge is -2.55. The number of methoxy groups -OCH3 is 1. The number of nitrogens with one attached hydrogen (secondary N) is 2. The Morgan fingerprint density at radius 2 is 1.91 bits per heavy atom. The van der Waals surface area contributed by atoms with Gasteiger partial charge in [0.25, 0.3) is 5.91 Å². The second-order valence-corrected chi connectivity index (χ2v) is 9.59. The molecular weight excluding hydrogens is 414 g/mol. The number of aliphatic hydroxyl groups is 1. The van der Waals surface area contributed by atoms with Crippen LogP contribution in [0, 0.1) is 5.92 Å². The Balaban J connectivity index is 1.56. The summed E-state index contributed by atoms with van der Waals surface area (Å²) in [4.78, 5) is 18.6. The molecule has 0 spiro atoms. The monoisotopic (exact) mass is 449 g/mol. The number of H-pyrrole nitrogens is 1. The molecule has 2 aromatic carbocycles. The summed E-state index contributed by atoms with van der Waals surface area (Å²) in [6, 6.07) is 17.7. The number of aromatic amines is 1. The number of hydrogen-bond donors (Lipinski definition) is 3. The molecule has 1 aromatic heterocycles. The van der Waals surface area contributed by atoms with Gasteiger partial charge in [0.1, 0.15) is 12.3 Å². The van der Waals surface area contributed by atoms with Crippen molar-refractivity contribution in [2.24, 2.45) is 5.92 Å². The second-order valence-electron chi connectivity index (χ2n) is 9.59. The molecule has 3 N–H and O–H groups in total. The number of hydrogen-bond acceptors (Lipinski definition) is 4. The van der Waals surface area contributed by atoms with Gasteiger partial charge in [-0.3, -0.25) is 9.69 Å². The average molecular weight is 450 g/mol. The number of ether oxygens (including phenoxy) is 1. The van der Waals surface area contributed by atoms with Crippen molar-refractivity contribution < 1.29 is 14.6 Å². The number of likely N-dealkylation sites (tertiary alicyclic amines) is 1. The molecule has 6 nitrogen and oxygen atoms in total. The standard InChI is InChI=1S/C27H35N3O3/c1-18(2)27(3)16-23(29-25(32)21-17-28-22-13-9-8-12-20(21)22)24(31)26(33-4)30(27)15-14-19-10-6-5-7-11-19/h5-13,17-18,23-24,26,28,31H,14-16H2,1-4H3,(H,29,32). The van der Waals surface area contributed by atoms with Crippen molar-refractivity contribution in [1.29, 1.82) is 0 Å². The van der Waals surface area contributed by atoms with E-state index in [0.717, 1.165) is 23.9 Å². The molecule has 4 rings (SSSR count). The maximum Gasteiger partial charge on any atom is 0.253 e. The number of piperidine rings is 1. The fourth-order valence-electron chi connectivity index (χ4n) is 5.11. The number of benzene rings is 2. The Morgan fingerprint density at radius 1 is 1.21 bits per heavy atom. The van der Waals surface area contributed by atoms with Crippen molar-refractivity contribution in [2.45, 2.75) is 57.5 Å². The van der Waals surface area contributed by atoms with Gasteiger partial charge >= 0.3 is 0 Å². The van der Waals surface area contributed by atoms with Crippen molar-refractivity contribution in [3.8, 4) is 0 Å². The summed E-state index contributed by atoms with van der Waals surface area (Å²) in [5.41, 5.74) is 2.50. The fraction of sp³-hybridized carbons (Fsp3) is 0.444. The highest BCUT2D eigenvalue weighted by Crippen LogP contribution is 2.38. The van der Waals surface area contributed by atoms with Gasteiger partial charge in [0.15, 0.2) is 0 Å². The van der Waals surface area contributed by atoms with Crippen LogP contribution < -0.4 is 5.32 Å². The zero-order valence-corrected chi connectivity index (χ0v) is 19.9. The Bertz CT molecular complexity index is 1080. The number of rotatable bonds is 7. The van der Waals surface area contributed by atoms with E-state index >= 15 is 0 Å². The summed E-state index contributed by atoms with van der Waals surface area (Å²) in [5, 5.41) is 15.3. The van der Waals surface area contributed by atoms with E-state index in [2.05, 4.69) is 48.1 Å². The van der Waals surface area contributed by atoms with Gasteiger partial charge in [-0.15, -0.1) is 0 Å². The van der Waals surface area contributed by atoms with Crippen molar-refractivity contribution in [3.63, 3.8) is 0 Å². The molecule has 0 radical (unpaired) electrons. The van der Waals surface area contributed by atoms with E-state index in [-0.39, 0.29) is 11.4 Å². The molecule has 0 aliphatic carbocycles. The molecule has 1 saturated heterocycles. The summed E-state index contributed by atoms with van der Waals surface area (Å²) in [6.07, 6.45) is 1.88. The van der Waals surface area contributed by atoms with E-state index in [1.165, 1.54) is 5.56 Å². The summed E-state index contributed by atoms with van der Waals surface area (Å²) < 4.78 is 5.84. The first-order valence-electron chi connectivity index (χ1n) is 11.7. The van der Waals surface area contributed by atoms with E-state index in [1.807, 2.05) is 42.5 Å². The second kappa shape index (κ2) is 9.67. The SMILES string of the molecule is COC1C(O)C(NC(=O)c2c[nH]c3ccccc23)CC(C)(C(C)C)N1CCc1ccccc1. The smallest absolute Gasteiger partial charge is 0.253 e. The van der Waals surface area contributed by atoms with Crippen molar-refractivity contribution in [3.05, 3.63) is 71.9 Å². The van der Waals surface area contributed by atoms with Crippen LogP contribution in [-0.4, -0.2) is 58.5 Å². The molecule has 1 aliphatic heterocycles. The first kappa shape index (κ1) is 23.5. The lowest BCUT2D eigenvalue weighted by molar-refractivity contribution is -0.192. The number of carbonyl (C=O) groups is 1. The molecule has 3 aromatic rings. The van der Waals surface area contributed by atoms with Gasteiger partial charge in [-0.1, -0.05) is 62.4 Å². The van der Waals surface area contributed by atoms with Gasteiger partial charge in [-0.05, 0) is 37.3 Å². The zero-order chi connectivity index (χ0) is 23.6. The minimum Gasteiger partial charge on any atom is -0.387 e. The predicted molar refractivity (Wildman–Crippen MR) is 131 cm³/mol. The van der Waals surface area contributed by atoms with Crippen LogP contribution in [0.1, 0.15) is 43.1 Å². The third-order valence-corrected chi connectivity index (χ3v) is 7.42. The van der Waals surface area contributed by atoms with E-state index in [0.29, 0.717) is 17.9 Å². The van der Waals surface area contributed by atoms with Gasteiger partial charge in [0.2, 0.25) is 0 Å². The molecule has 4 unspecified atom stereocenters. The number of nitrogens with zero attached hydrogens (tertiary/aromatic N) is 1. The summed E-state index contributed by atoms with van der Waals surface area (Å²) >= 11 is 0. The fourth-order valence-corrected chi connectivity index (χ4v) is 5.11.